The molecule has 3 aliphatic rings. The van der Waals surface area contributed by atoms with E-state index in [1.807, 2.05) is 0 Å². The molecule has 3 unspecified atom stereocenters. The SMILES string of the molecule is C=CCN1C(=O)C2CCCCC2N2C(SCC(=O)Nc3cc(Cl)ccc3C(=O)O)=NNC12. The quantitative estimate of drug-likeness (QED) is 0.540. The average Bonchev–Trinajstić information content (AvgIpc) is 3.19. The molecule has 3 N–H and O–H groups in total. The predicted octanol–water partition coefficient (Wildman–Crippen LogP) is 2.76. The van der Waals surface area contributed by atoms with Gasteiger partial charge in [-0.2, -0.15) is 5.10 Å². The molecular weight excluding hydrogens is 454 g/mol. The van der Waals surface area contributed by atoms with Crippen molar-refractivity contribution in [3.05, 3.63) is 41.4 Å². The fraction of sp³-hybridized carbons (Fsp3) is 0.429. The number of rotatable bonds is 6. The summed E-state index contributed by atoms with van der Waals surface area (Å²) < 4.78 is 0. The lowest BCUT2D eigenvalue weighted by Crippen LogP contribution is -2.67. The van der Waals surface area contributed by atoms with Crippen molar-refractivity contribution in [2.75, 3.05) is 17.6 Å². The lowest BCUT2D eigenvalue weighted by molar-refractivity contribution is -0.154. The van der Waals surface area contributed by atoms with Gasteiger partial charge >= 0.3 is 5.97 Å². The van der Waals surface area contributed by atoms with Crippen LogP contribution in [0.25, 0.3) is 0 Å². The van der Waals surface area contributed by atoms with Crippen LogP contribution in [-0.4, -0.2) is 62.5 Å². The van der Waals surface area contributed by atoms with Gasteiger partial charge in [0.05, 0.1) is 22.9 Å². The normalized spacial score (nSPS) is 24.2. The van der Waals surface area contributed by atoms with Crippen molar-refractivity contribution in [2.45, 2.75) is 38.0 Å². The third-order valence-corrected chi connectivity index (χ3v) is 7.09. The fourth-order valence-electron chi connectivity index (χ4n) is 4.50. The minimum atomic E-state index is -1.15. The number of aromatic carboxylic acids is 1. The second-order valence-corrected chi connectivity index (χ2v) is 9.25. The fourth-order valence-corrected chi connectivity index (χ4v) is 5.51. The summed E-state index contributed by atoms with van der Waals surface area (Å²) in [5, 5.41) is 17.3. The van der Waals surface area contributed by atoms with Crippen molar-refractivity contribution in [3.63, 3.8) is 0 Å². The van der Waals surface area contributed by atoms with E-state index in [1.165, 1.54) is 30.0 Å². The van der Waals surface area contributed by atoms with Crippen molar-refractivity contribution >= 4 is 52.0 Å². The first-order valence-electron chi connectivity index (χ1n) is 10.4. The summed E-state index contributed by atoms with van der Waals surface area (Å²) in [6.45, 7) is 4.18. The molecule has 2 heterocycles. The smallest absolute Gasteiger partial charge is 0.337 e. The summed E-state index contributed by atoms with van der Waals surface area (Å²) >= 11 is 7.21. The van der Waals surface area contributed by atoms with E-state index in [-0.39, 0.29) is 40.8 Å². The zero-order valence-electron chi connectivity index (χ0n) is 17.3. The zero-order chi connectivity index (χ0) is 22.8. The summed E-state index contributed by atoms with van der Waals surface area (Å²) in [4.78, 5) is 40.8. The third-order valence-electron chi connectivity index (χ3n) is 5.89. The number of carbonyl (C=O) groups excluding carboxylic acids is 2. The monoisotopic (exact) mass is 477 g/mol. The molecule has 0 radical (unpaired) electrons. The molecule has 1 aliphatic carbocycles. The third kappa shape index (κ3) is 4.29. The van der Waals surface area contributed by atoms with Crippen LogP contribution in [0.3, 0.4) is 0 Å². The molecule has 3 atom stereocenters. The molecule has 2 aliphatic heterocycles. The Hall–Kier alpha value is -2.72. The van der Waals surface area contributed by atoms with E-state index in [0.717, 1.165) is 25.7 Å². The Morgan fingerprint density at radius 3 is 2.91 bits per heavy atom. The van der Waals surface area contributed by atoms with Crippen molar-refractivity contribution in [2.24, 2.45) is 11.0 Å². The number of nitrogens with one attached hydrogen (secondary N) is 2. The topological polar surface area (TPSA) is 114 Å². The minimum absolute atomic E-state index is 0.0299. The van der Waals surface area contributed by atoms with Crippen molar-refractivity contribution in [3.8, 4) is 0 Å². The van der Waals surface area contributed by atoms with Crippen LogP contribution in [0.1, 0.15) is 36.0 Å². The van der Waals surface area contributed by atoms with Crippen LogP contribution in [-0.2, 0) is 9.59 Å². The molecule has 1 aromatic rings. The lowest BCUT2D eigenvalue weighted by atomic mass is 9.81. The molecule has 9 nitrogen and oxygen atoms in total. The zero-order valence-corrected chi connectivity index (χ0v) is 18.9. The highest BCUT2D eigenvalue weighted by molar-refractivity contribution is 8.14. The molecule has 170 valence electrons. The highest BCUT2D eigenvalue weighted by Crippen LogP contribution is 2.38. The van der Waals surface area contributed by atoms with Gasteiger partial charge in [-0.3, -0.25) is 19.9 Å². The van der Waals surface area contributed by atoms with Crippen LogP contribution in [0, 0.1) is 5.92 Å². The number of amidine groups is 1. The Morgan fingerprint density at radius 2 is 2.16 bits per heavy atom. The summed E-state index contributed by atoms with van der Waals surface area (Å²) in [6, 6.07) is 4.26. The van der Waals surface area contributed by atoms with Gasteiger partial charge in [-0.25, -0.2) is 4.79 Å². The summed E-state index contributed by atoms with van der Waals surface area (Å²) in [7, 11) is 0. The lowest BCUT2D eigenvalue weighted by Gasteiger charge is -2.50. The Balaban J connectivity index is 1.46. The number of hydrazone groups is 1. The van der Waals surface area contributed by atoms with Gasteiger partial charge in [0.25, 0.3) is 0 Å². The Kier molecular flexibility index (Phi) is 6.61. The summed E-state index contributed by atoms with van der Waals surface area (Å²) in [6.07, 6.45) is 5.11. The molecule has 0 bridgehead atoms. The number of hydrogen-bond acceptors (Lipinski definition) is 7. The number of thioether (sulfide) groups is 1. The van der Waals surface area contributed by atoms with Crippen LogP contribution in [0.5, 0.6) is 0 Å². The second kappa shape index (κ2) is 9.41. The number of benzene rings is 1. The van der Waals surface area contributed by atoms with Gasteiger partial charge in [-0.05, 0) is 31.0 Å². The molecule has 4 rings (SSSR count). The molecular formula is C21H24ClN5O4S. The van der Waals surface area contributed by atoms with Crippen LogP contribution in [0.4, 0.5) is 5.69 Å². The highest BCUT2D eigenvalue weighted by atomic mass is 35.5. The van der Waals surface area contributed by atoms with Crippen molar-refractivity contribution < 1.29 is 19.5 Å². The molecule has 2 fully saturated rings. The van der Waals surface area contributed by atoms with E-state index >= 15 is 0 Å². The average molecular weight is 478 g/mol. The predicted molar refractivity (Wildman–Crippen MR) is 123 cm³/mol. The van der Waals surface area contributed by atoms with Crippen LogP contribution in [0.15, 0.2) is 36.0 Å². The Labute approximate surface area is 194 Å². The number of nitrogens with zero attached hydrogens (tertiary/aromatic N) is 3. The number of carboxylic acids is 1. The molecule has 2 amide bonds. The largest absolute Gasteiger partial charge is 0.478 e. The van der Waals surface area contributed by atoms with Gasteiger partial charge < -0.3 is 15.3 Å². The Bertz CT molecular complexity index is 987. The number of carbonyl (C=O) groups is 3. The molecule has 1 saturated heterocycles. The maximum Gasteiger partial charge on any atom is 0.337 e. The molecule has 0 spiro atoms. The molecule has 11 heteroatoms. The first kappa shape index (κ1) is 22.5. The van der Waals surface area contributed by atoms with Crippen molar-refractivity contribution in [1.29, 1.82) is 0 Å². The van der Waals surface area contributed by atoms with Gasteiger partial charge in [-0.15, -0.1) is 6.58 Å². The van der Waals surface area contributed by atoms with E-state index < -0.39 is 12.3 Å². The molecule has 1 saturated carbocycles. The van der Waals surface area contributed by atoms with Gasteiger partial charge in [-0.1, -0.05) is 42.3 Å². The maximum atomic E-state index is 13.0. The number of halogens is 1. The number of anilines is 1. The molecule has 1 aromatic carbocycles. The van der Waals surface area contributed by atoms with Crippen LogP contribution in [0.2, 0.25) is 5.02 Å². The number of carboxylic acid groups (broad SMARTS) is 1. The first-order chi connectivity index (χ1) is 15.4. The number of fused-ring (bicyclic) bond motifs is 3. The summed E-state index contributed by atoms with van der Waals surface area (Å²) in [5.41, 5.74) is 3.15. The van der Waals surface area contributed by atoms with Gasteiger partial charge in [0.2, 0.25) is 11.8 Å². The molecule has 32 heavy (non-hydrogen) atoms. The van der Waals surface area contributed by atoms with E-state index in [1.54, 1.807) is 11.0 Å². The molecule has 0 aromatic heterocycles. The Morgan fingerprint density at radius 1 is 1.38 bits per heavy atom. The van der Waals surface area contributed by atoms with Gasteiger partial charge in [0.1, 0.15) is 0 Å². The first-order valence-corrected chi connectivity index (χ1v) is 11.8. The van der Waals surface area contributed by atoms with Gasteiger partial charge in [0, 0.05) is 17.6 Å². The van der Waals surface area contributed by atoms with E-state index in [9.17, 15) is 19.5 Å². The van der Waals surface area contributed by atoms with Gasteiger partial charge in [0.15, 0.2) is 11.5 Å². The van der Waals surface area contributed by atoms with E-state index in [4.69, 9.17) is 11.6 Å². The maximum absolute atomic E-state index is 13.0. The minimum Gasteiger partial charge on any atom is -0.478 e. The number of hydrogen-bond donors (Lipinski definition) is 3. The van der Waals surface area contributed by atoms with Crippen LogP contribution < -0.4 is 10.7 Å². The highest BCUT2D eigenvalue weighted by Gasteiger charge is 2.50. The standard InChI is InChI=1S/C21H24ClN5O4S/c1-2-9-26-18(29)14-5-3-4-6-16(14)27-20(26)24-25-21(27)32-11-17(28)23-15-10-12(22)7-8-13(15)19(30)31/h2,7-8,10,14,16,20,24H,1,3-6,9,11H2,(H,23,28)(H,30,31). The number of amides is 2. The summed E-state index contributed by atoms with van der Waals surface area (Å²) in [5.74, 6) is -1.47. The van der Waals surface area contributed by atoms with Crippen molar-refractivity contribution in [1.82, 2.24) is 15.2 Å². The van der Waals surface area contributed by atoms with Crippen LogP contribution >= 0.6 is 23.4 Å². The van der Waals surface area contributed by atoms with E-state index in [0.29, 0.717) is 16.7 Å². The second-order valence-electron chi connectivity index (χ2n) is 7.87. The van der Waals surface area contributed by atoms with E-state index in [2.05, 4.69) is 27.3 Å².